The van der Waals surface area contributed by atoms with E-state index >= 15 is 4.39 Å². The van der Waals surface area contributed by atoms with Gasteiger partial charge in [-0.1, -0.05) is 35.9 Å². The molecule has 3 fully saturated rings. The summed E-state index contributed by atoms with van der Waals surface area (Å²) in [6.07, 6.45) is 4.07. The van der Waals surface area contributed by atoms with E-state index in [0.29, 0.717) is 40.7 Å². The molecule has 10 heteroatoms. The number of nitrogens with one attached hydrogen (secondary N) is 1. The smallest absolute Gasteiger partial charge is 0.318 e. The predicted octanol–water partition coefficient (Wildman–Crippen LogP) is 4.06. The molecule has 0 radical (unpaired) electrons. The van der Waals surface area contributed by atoms with Gasteiger partial charge in [0.15, 0.2) is 5.82 Å². The third-order valence-electron chi connectivity index (χ3n) is 8.59. The summed E-state index contributed by atoms with van der Waals surface area (Å²) >= 11 is 6.83. The normalized spacial score (nSPS) is 23.3. The molecular formula is C29H31ClFN5O2Si. The number of piperazine rings is 1. The largest absolute Gasteiger partial charge is 0.508 e. The van der Waals surface area contributed by atoms with E-state index in [4.69, 9.17) is 21.3 Å². The summed E-state index contributed by atoms with van der Waals surface area (Å²) in [7, 11) is 1.65. The Labute approximate surface area is 233 Å². The molecule has 3 atom stereocenters. The summed E-state index contributed by atoms with van der Waals surface area (Å²) < 4.78 is 22.7. The number of ether oxygens (including phenoxy) is 1. The Morgan fingerprint density at radius 2 is 1.90 bits per heavy atom. The van der Waals surface area contributed by atoms with Gasteiger partial charge >= 0.3 is 6.01 Å². The van der Waals surface area contributed by atoms with Gasteiger partial charge in [-0.3, -0.25) is 0 Å². The maximum Gasteiger partial charge on any atom is 0.318 e. The standard InChI is InChI=1S/C29H31ClFN5O2Si/c1-35-9-8-24(35)39-15-38-29-33-27-22(28(34-29)36-13-17-6-7-18(14-36)32-17)12-23(30)25(26(27)31)21-11-19(37)10-16-4-2-3-5-20(16)21/h2-5,10-12,17-18,24,32,37H,6-9,13-15,39H2,1H3. The first-order valence-corrected chi connectivity index (χ1v) is 15.9. The second kappa shape index (κ2) is 9.89. The van der Waals surface area contributed by atoms with Crippen molar-refractivity contribution in [2.45, 2.75) is 37.0 Å². The summed E-state index contributed by atoms with van der Waals surface area (Å²) in [5, 5.41) is 16.5. The first-order valence-electron chi connectivity index (χ1n) is 13.7. The van der Waals surface area contributed by atoms with Crippen molar-refractivity contribution >= 4 is 48.6 Å². The van der Waals surface area contributed by atoms with E-state index in [2.05, 4.69) is 27.1 Å². The lowest BCUT2D eigenvalue weighted by Gasteiger charge is -2.37. The molecule has 0 aliphatic carbocycles. The topological polar surface area (TPSA) is 73.8 Å². The lowest BCUT2D eigenvalue weighted by Crippen LogP contribution is -2.51. The Balaban J connectivity index is 1.36. The number of benzene rings is 3. The Kier molecular flexibility index (Phi) is 6.34. The molecule has 2 bridgehead atoms. The highest BCUT2D eigenvalue weighted by Crippen LogP contribution is 2.42. The lowest BCUT2D eigenvalue weighted by molar-refractivity contribution is 0.186. The Bertz CT molecular complexity index is 1580. The molecular weight excluding hydrogens is 533 g/mol. The Morgan fingerprint density at radius 1 is 1.10 bits per heavy atom. The van der Waals surface area contributed by atoms with Crippen molar-refractivity contribution in [2.75, 3.05) is 37.8 Å². The van der Waals surface area contributed by atoms with Crippen LogP contribution in [0.4, 0.5) is 10.2 Å². The Hall–Kier alpha value is -2.98. The number of aromatic hydroxyl groups is 1. The molecule has 0 amide bonds. The van der Waals surface area contributed by atoms with E-state index in [-0.39, 0.29) is 27.9 Å². The predicted molar refractivity (Wildman–Crippen MR) is 156 cm³/mol. The number of phenols is 1. The average molecular weight is 564 g/mol. The molecule has 3 unspecified atom stereocenters. The fourth-order valence-electron chi connectivity index (χ4n) is 6.40. The van der Waals surface area contributed by atoms with Crippen LogP contribution < -0.4 is 15.0 Å². The zero-order chi connectivity index (χ0) is 26.7. The molecule has 3 aliphatic heterocycles. The summed E-state index contributed by atoms with van der Waals surface area (Å²) in [4.78, 5) is 14.0. The first kappa shape index (κ1) is 25.0. The van der Waals surface area contributed by atoms with Crippen LogP contribution in [-0.2, 0) is 0 Å². The molecule has 3 aromatic carbocycles. The van der Waals surface area contributed by atoms with Gasteiger partial charge in [-0.25, -0.2) is 4.39 Å². The van der Waals surface area contributed by atoms with Gasteiger partial charge in [0.25, 0.3) is 0 Å². The molecule has 39 heavy (non-hydrogen) atoms. The second-order valence-electron chi connectivity index (χ2n) is 11.1. The average Bonchev–Trinajstić information content (AvgIpc) is 3.27. The van der Waals surface area contributed by atoms with Gasteiger partial charge in [-0.05, 0) is 67.4 Å². The van der Waals surface area contributed by atoms with Crippen LogP contribution in [0.15, 0.2) is 42.5 Å². The minimum Gasteiger partial charge on any atom is -0.508 e. The van der Waals surface area contributed by atoms with E-state index in [1.54, 1.807) is 18.2 Å². The van der Waals surface area contributed by atoms with Crippen LogP contribution in [0.5, 0.6) is 11.8 Å². The van der Waals surface area contributed by atoms with Gasteiger partial charge < -0.3 is 25.0 Å². The third-order valence-corrected chi connectivity index (χ3v) is 11.0. The van der Waals surface area contributed by atoms with Crippen LogP contribution in [0.1, 0.15) is 19.3 Å². The molecule has 0 saturated carbocycles. The zero-order valence-electron chi connectivity index (χ0n) is 21.8. The quantitative estimate of drug-likeness (QED) is 0.343. The van der Waals surface area contributed by atoms with Crippen molar-refractivity contribution in [1.29, 1.82) is 0 Å². The maximum absolute atomic E-state index is 16.6. The van der Waals surface area contributed by atoms with Gasteiger partial charge in [0.2, 0.25) is 0 Å². The summed E-state index contributed by atoms with van der Waals surface area (Å²) in [5.41, 5.74) is 1.57. The Morgan fingerprint density at radius 3 is 2.64 bits per heavy atom. The van der Waals surface area contributed by atoms with Gasteiger partial charge in [-0.15, -0.1) is 0 Å². The van der Waals surface area contributed by atoms with Gasteiger partial charge in [0, 0.05) is 41.8 Å². The summed E-state index contributed by atoms with van der Waals surface area (Å²) in [5.74, 6) is 0.189. The molecule has 1 aromatic heterocycles. The minimum absolute atomic E-state index is 0.0499. The maximum atomic E-state index is 16.6. The van der Waals surface area contributed by atoms with Crippen LogP contribution in [0, 0.1) is 5.82 Å². The highest BCUT2D eigenvalue weighted by atomic mass is 35.5. The lowest BCUT2D eigenvalue weighted by atomic mass is 9.96. The zero-order valence-corrected chi connectivity index (χ0v) is 24.0. The van der Waals surface area contributed by atoms with Crippen molar-refractivity contribution in [3.05, 3.63) is 53.3 Å². The van der Waals surface area contributed by atoms with Crippen LogP contribution in [0.25, 0.3) is 32.8 Å². The monoisotopic (exact) mass is 563 g/mol. The number of anilines is 1. The van der Waals surface area contributed by atoms with Crippen LogP contribution >= 0.6 is 11.6 Å². The second-order valence-corrected chi connectivity index (χ2v) is 13.4. The number of fused-ring (bicyclic) bond motifs is 4. The molecule has 4 aromatic rings. The highest BCUT2D eigenvalue weighted by Gasteiger charge is 2.34. The van der Waals surface area contributed by atoms with Crippen molar-refractivity contribution in [1.82, 2.24) is 20.2 Å². The SMILES string of the molecule is CN1CCC1[SiH2]COc1nc(N2CC3CCC(C2)N3)c2cc(Cl)c(-c3cc(O)cc4ccccc34)c(F)c2n1. The number of phenolic OH excluding ortho intramolecular Hbond substituents is 1. The molecule has 4 heterocycles. The first-order chi connectivity index (χ1) is 18.9. The number of aromatic nitrogens is 2. The number of rotatable bonds is 6. The van der Waals surface area contributed by atoms with E-state index in [0.717, 1.165) is 43.2 Å². The van der Waals surface area contributed by atoms with Crippen molar-refractivity contribution in [3.8, 4) is 22.9 Å². The van der Waals surface area contributed by atoms with Gasteiger partial charge in [0.05, 0.1) is 20.8 Å². The molecule has 3 saturated heterocycles. The number of hydrogen-bond donors (Lipinski definition) is 2. The fourth-order valence-corrected chi connectivity index (χ4v) is 8.37. The molecule has 7 nitrogen and oxygen atoms in total. The van der Waals surface area contributed by atoms with E-state index in [1.165, 1.54) is 6.42 Å². The fraction of sp³-hybridized carbons (Fsp3) is 0.379. The number of halogens is 2. The summed E-state index contributed by atoms with van der Waals surface area (Å²) in [6, 6.07) is 13.6. The van der Waals surface area contributed by atoms with Crippen LogP contribution in [-0.4, -0.2) is 80.2 Å². The number of nitrogens with zero attached hydrogens (tertiary/aromatic N) is 4. The van der Waals surface area contributed by atoms with Crippen LogP contribution in [0.3, 0.4) is 0 Å². The summed E-state index contributed by atoms with van der Waals surface area (Å²) in [6.45, 7) is 2.72. The molecule has 7 rings (SSSR count). The molecule has 202 valence electrons. The minimum atomic E-state index is -0.532. The molecule has 0 spiro atoms. The van der Waals surface area contributed by atoms with E-state index < -0.39 is 15.3 Å². The van der Waals surface area contributed by atoms with Crippen molar-refractivity contribution < 1.29 is 14.2 Å². The van der Waals surface area contributed by atoms with Crippen molar-refractivity contribution in [2.24, 2.45) is 0 Å². The van der Waals surface area contributed by atoms with Gasteiger partial charge in [0.1, 0.15) is 17.1 Å². The van der Waals surface area contributed by atoms with E-state index in [1.807, 2.05) is 24.3 Å². The van der Waals surface area contributed by atoms with Crippen molar-refractivity contribution in [3.63, 3.8) is 0 Å². The highest BCUT2D eigenvalue weighted by molar-refractivity contribution is 6.38. The molecule has 3 aliphatic rings. The van der Waals surface area contributed by atoms with E-state index in [9.17, 15) is 5.11 Å². The van der Waals surface area contributed by atoms with Gasteiger partial charge in [-0.2, -0.15) is 9.97 Å². The number of hydrogen-bond acceptors (Lipinski definition) is 7. The third kappa shape index (κ3) is 4.51. The van der Waals surface area contributed by atoms with Crippen LogP contribution in [0.2, 0.25) is 5.02 Å². The number of likely N-dealkylation sites (tertiary alicyclic amines) is 1. The molecule has 2 N–H and O–H groups in total.